The maximum absolute atomic E-state index is 12.4. The van der Waals surface area contributed by atoms with Crippen LogP contribution in [0.3, 0.4) is 0 Å². The maximum Gasteiger partial charge on any atom is 0.387 e. The van der Waals surface area contributed by atoms with Gasteiger partial charge in [0.2, 0.25) is 5.91 Å². The first kappa shape index (κ1) is 20.1. The molecule has 0 aromatic heterocycles. The molecule has 2 aromatic carbocycles. The number of para-hydroxylation sites is 1. The van der Waals surface area contributed by atoms with Crippen LogP contribution >= 0.6 is 0 Å². The topological polar surface area (TPSA) is 58.6 Å². The number of alkyl halides is 2. The number of carbonyl (C=O) groups is 2. The Labute approximate surface area is 156 Å². The van der Waals surface area contributed by atoms with E-state index in [-0.39, 0.29) is 24.1 Å². The average molecular weight is 374 g/mol. The van der Waals surface area contributed by atoms with E-state index in [2.05, 4.69) is 10.1 Å². The smallest absolute Gasteiger partial charge is 0.387 e. The average Bonchev–Trinajstić information content (AvgIpc) is 2.65. The number of hydrogen-bond donors (Lipinski definition) is 1. The van der Waals surface area contributed by atoms with Crippen molar-refractivity contribution in [3.05, 3.63) is 71.3 Å². The number of ether oxygens (including phenoxy) is 1. The molecule has 0 radical (unpaired) electrons. The van der Waals surface area contributed by atoms with Gasteiger partial charge >= 0.3 is 6.61 Å². The van der Waals surface area contributed by atoms with Gasteiger partial charge in [-0.05, 0) is 29.8 Å². The van der Waals surface area contributed by atoms with E-state index >= 15 is 0 Å². The molecule has 142 valence electrons. The first-order valence-electron chi connectivity index (χ1n) is 8.17. The normalized spacial score (nSPS) is 10.9. The van der Waals surface area contributed by atoms with Gasteiger partial charge in [0, 0.05) is 37.8 Å². The Morgan fingerprint density at radius 2 is 1.78 bits per heavy atom. The van der Waals surface area contributed by atoms with Gasteiger partial charge in [-0.3, -0.25) is 9.59 Å². The van der Waals surface area contributed by atoms with Crippen molar-refractivity contribution < 1.29 is 23.1 Å². The summed E-state index contributed by atoms with van der Waals surface area (Å²) in [5.74, 6) is -0.480. The van der Waals surface area contributed by atoms with Crippen LogP contribution in [-0.2, 0) is 11.3 Å². The van der Waals surface area contributed by atoms with Crippen LogP contribution in [0.25, 0.3) is 6.08 Å². The van der Waals surface area contributed by atoms with Gasteiger partial charge in [-0.15, -0.1) is 0 Å². The Balaban J connectivity index is 1.93. The predicted octanol–water partition coefficient (Wildman–Crippen LogP) is 3.32. The minimum absolute atomic E-state index is 0.00213. The first-order chi connectivity index (χ1) is 12.9. The molecule has 27 heavy (non-hydrogen) atoms. The molecular weight excluding hydrogens is 354 g/mol. The van der Waals surface area contributed by atoms with E-state index in [1.54, 1.807) is 56.6 Å². The van der Waals surface area contributed by atoms with E-state index < -0.39 is 6.61 Å². The van der Waals surface area contributed by atoms with Crippen molar-refractivity contribution in [2.45, 2.75) is 13.2 Å². The largest absolute Gasteiger partial charge is 0.434 e. The third kappa shape index (κ3) is 6.22. The van der Waals surface area contributed by atoms with Crippen LogP contribution in [0.1, 0.15) is 21.5 Å². The van der Waals surface area contributed by atoms with Gasteiger partial charge in [0.1, 0.15) is 5.75 Å². The number of hydrogen-bond acceptors (Lipinski definition) is 3. The molecule has 0 unspecified atom stereocenters. The number of carbonyl (C=O) groups excluding carboxylic acids is 2. The third-order valence-corrected chi connectivity index (χ3v) is 3.62. The number of rotatable bonds is 7. The van der Waals surface area contributed by atoms with Gasteiger partial charge in [0.05, 0.1) is 0 Å². The molecule has 0 aliphatic carbocycles. The van der Waals surface area contributed by atoms with Crippen LogP contribution in [-0.4, -0.2) is 37.4 Å². The molecule has 0 bridgehead atoms. The monoisotopic (exact) mass is 374 g/mol. The van der Waals surface area contributed by atoms with Gasteiger partial charge in [-0.2, -0.15) is 8.78 Å². The van der Waals surface area contributed by atoms with Gasteiger partial charge in [-0.25, -0.2) is 0 Å². The number of nitrogens with zero attached hydrogens (tertiary/aromatic N) is 1. The zero-order chi connectivity index (χ0) is 19.8. The van der Waals surface area contributed by atoms with E-state index in [0.717, 1.165) is 5.56 Å². The van der Waals surface area contributed by atoms with E-state index in [0.29, 0.717) is 11.1 Å². The summed E-state index contributed by atoms with van der Waals surface area (Å²) in [6, 6.07) is 13.1. The Morgan fingerprint density at radius 3 is 2.41 bits per heavy atom. The first-order valence-corrected chi connectivity index (χ1v) is 8.17. The standard InChI is InChI=1S/C20H20F2N2O3/c1-24(2)19(26)16-9-7-14(8-10-16)13-23-18(25)12-11-15-5-3-4-6-17(15)27-20(21)22/h3-12,20H,13H2,1-2H3,(H,23,25)/b12-11+. The number of benzene rings is 2. The summed E-state index contributed by atoms with van der Waals surface area (Å²) < 4.78 is 29.2. The Kier molecular flexibility index (Phi) is 7.05. The highest BCUT2D eigenvalue weighted by molar-refractivity contribution is 5.94. The summed E-state index contributed by atoms with van der Waals surface area (Å²) in [5, 5.41) is 2.69. The highest BCUT2D eigenvalue weighted by Gasteiger charge is 2.08. The molecule has 2 rings (SSSR count). The van der Waals surface area contributed by atoms with Crippen LogP contribution in [0.4, 0.5) is 8.78 Å². The van der Waals surface area contributed by atoms with Crippen LogP contribution < -0.4 is 10.1 Å². The highest BCUT2D eigenvalue weighted by atomic mass is 19.3. The lowest BCUT2D eigenvalue weighted by atomic mass is 10.1. The molecule has 2 amide bonds. The fraction of sp³-hybridized carbons (Fsp3) is 0.200. The zero-order valence-electron chi connectivity index (χ0n) is 15.0. The van der Waals surface area contributed by atoms with Crippen molar-refractivity contribution in [1.82, 2.24) is 10.2 Å². The molecular formula is C20H20F2N2O3. The summed E-state index contributed by atoms with van der Waals surface area (Å²) in [4.78, 5) is 25.2. The second-order valence-electron chi connectivity index (χ2n) is 5.86. The summed E-state index contributed by atoms with van der Waals surface area (Å²) in [5.41, 5.74) is 1.76. The summed E-state index contributed by atoms with van der Waals surface area (Å²) >= 11 is 0. The van der Waals surface area contributed by atoms with Crippen molar-refractivity contribution in [2.75, 3.05) is 14.1 Å². The lowest BCUT2D eigenvalue weighted by Gasteiger charge is -2.10. The Hall–Kier alpha value is -3.22. The van der Waals surface area contributed by atoms with Crippen LogP contribution in [0.2, 0.25) is 0 Å². The maximum atomic E-state index is 12.4. The number of nitrogens with one attached hydrogen (secondary N) is 1. The fourth-order valence-corrected chi connectivity index (χ4v) is 2.26. The van der Waals surface area contributed by atoms with Crippen LogP contribution in [0.15, 0.2) is 54.6 Å². The Bertz CT molecular complexity index is 818. The van der Waals surface area contributed by atoms with Gasteiger partial charge in [0.25, 0.3) is 5.91 Å². The third-order valence-electron chi connectivity index (χ3n) is 3.62. The predicted molar refractivity (Wildman–Crippen MR) is 98.4 cm³/mol. The molecule has 7 heteroatoms. The minimum Gasteiger partial charge on any atom is -0.434 e. The number of halogens is 2. The van der Waals surface area contributed by atoms with Gasteiger partial charge in [0.15, 0.2) is 0 Å². The highest BCUT2D eigenvalue weighted by Crippen LogP contribution is 2.21. The van der Waals surface area contributed by atoms with E-state index in [9.17, 15) is 18.4 Å². The minimum atomic E-state index is -2.93. The molecule has 0 atom stereocenters. The molecule has 2 aromatic rings. The zero-order valence-corrected chi connectivity index (χ0v) is 15.0. The van der Waals surface area contributed by atoms with Crippen LogP contribution in [0.5, 0.6) is 5.75 Å². The lowest BCUT2D eigenvalue weighted by molar-refractivity contribution is -0.116. The molecule has 5 nitrogen and oxygen atoms in total. The van der Waals surface area contributed by atoms with E-state index in [1.807, 2.05) is 0 Å². The molecule has 0 aliphatic rings. The lowest BCUT2D eigenvalue weighted by Crippen LogP contribution is -2.22. The van der Waals surface area contributed by atoms with Crippen molar-refractivity contribution in [2.24, 2.45) is 0 Å². The van der Waals surface area contributed by atoms with E-state index in [4.69, 9.17) is 0 Å². The molecule has 0 saturated heterocycles. The second kappa shape index (κ2) is 9.47. The fourth-order valence-electron chi connectivity index (χ4n) is 2.26. The van der Waals surface area contributed by atoms with Crippen molar-refractivity contribution in [3.8, 4) is 5.75 Å². The van der Waals surface area contributed by atoms with Crippen molar-refractivity contribution in [3.63, 3.8) is 0 Å². The van der Waals surface area contributed by atoms with Gasteiger partial charge in [-0.1, -0.05) is 30.3 Å². The molecule has 0 fully saturated rings. The summed E-state index contributed by atoms with van der Waals surface area (Å²) in [6.07, 6.45) is 2.66. The second-order valence-corrected chi connectivity index (χ2v) is 5.86. The molecule has 1 N–H and O–H groups in total. The quantitative estimate of drug-likeness (QED) is 0.757. The molecule has 0 saturated carbocycles. The van der Waals surface area contributed by atoms with Crippen LogP contribution in [0, 0.1) is 0 Å². The van der Waals surface area contributed by atoms with E-state index in [1.165, 1.54) is 23.1 Å². The SMILES string of the molecule is CN(C)C(=O)c1ccc(CNC(=O)/C=C/c2ccccc2OC(F)F)cc1. The molecule has 0 spiro atoms. The summed E-state index contributed by atoms with van der Waals surface area (Å²) in [6.45, 7) is -2.66. The molecule has 0 aliphatic heterocycles. The van der Waals surface area contributed by atoms with Gasteiger partial charge < -0.3 is 15.0 Å². The van der Waals surface area contributed by atoms with Crippen molar-refractivity contribution >= 4 is 17.9 Å². The Morgan fingerprint density at radius 1 is 1.11 bits per heavy atom. The van der Waals surface area contributed by atoms with Crippen molar-refractivity contribution in [1.29, 1.82) is 0 Å². The molecule has 0 heterocycles. The number of amides is 2. The summed E-state index contributed by atoms with van der Waals surface area (Å²) in [7, 11) is 3.35.